The minimum Gasteiger partial charge on any atom is -0.368 e. The van der Waals surface area contributed by atoms with Gasteiger partial charge in [0.25, 0.3) is 0 Å². The first-order valence-corrected chi connectivity index (χ1v) is 7.73. The molecule has 0 aliphatic rings. The quantitative estimate of drug-likeness (QED) is 0.713. The summed E-state index contributed by atoms with van der Waals surface area (Å²) in [5, 5.41) is 2.55. The lowest BCUT2D eigenvalue weighted by atomic mass is 10.1. The number of amides is 1. The molecule has 1 aromatic heterocycles. The number of hydrogen-bond acceptors (Lipinski definition) is 7. The number of nitrogens with one attached hydrogen (secondary N) is 1. The Hall–Kier alpha value is -2.42. The van der Waals surface area contributed by atoms with Gasteiger partial charge in [0.15, 0.2) is 5.16 Å². The molecule has 1 aromatic carbocycles. The van der Waals surface area contributed by atoms with Crippen LogP contribution in [0.5, 0.6) is 0 Å². The fourth-order valence-electron chi connectivity index (χ4n) is 1.79. The highest BCUT2D eigenvalue weighted by molar-refractivity contribution is 8.00. The Balaban J connectivity index is 2.13. The van der Waals surface area contributed by atoms with E-state index in [-0.39, 0.29) is 34.7 Å². The number of benzene rings is 1. The van der Waals surface area contributed by atoms with Crippen LogP contribution in [0.4, 0.5) is 22.0 Å². The molecule has 122 valence electrons. The summed E-state index contributed by atoms with van der Waals surface area (Å²) in [4.78, 5) is 24.1. The number of carbonyl (C=O) groups excluding carboxylic acids is 1. The highest BCUT2D eigenvalue weighted by atomic mass is 32.2. The van der Waals surface area contributed by atoms with Gasteiger partial charge in [0.1, 0.15) is 5.82 Å². The van der Waals surface area contributed by atoms with Crippen molar-refractivity contribution in [2.75, 3.05) is 16.8 Å². The summed E-state index contributed by atoms with van der Waals surface area (Å²) >= 11 is 1.15. The Kier molecular flexibility index (Phi) is 5.32. The Morgan fingerprint density at radius 1 is 1.13 bits per heavy atom. The smallest absolute Gasteiger partial charge is 0.238 e. The van der Waals surface area contributed by atoms with Crippen molar-refractivity contribution < 1.29 is 9.18 Å². The first-order chi connectivity index (χ1) is 10.8. The Morgan fingerprint density at radius 2 is 1.70 bits per heavy atom. The van der Waals surface area contributed by atoms with Gasteiger partial charge in [0, 0.05) is 5.69 Å². The Labute approximate surface area is 137 Å². The first kappa shape index (κ1) is 16.9. The van der Waals surface area contributed by atoms with Crippen molar-refractivity contribution in [1.82, 2.24) is 15.0 Å². The number of carbonyl (C=O) groups is 1. The summed E-state index contributed by atoms with van der Waals surface area (Å²) in [5.74, 6) is -0.606. The van der Waals surface area contributed by atoms with Gasteiger partial charge in [0.05, 0.1) is 5.25 Å². The summed E-state index contributed by atoms with van der Waals surface area (Å²) in [6.07, 6.45) is 0. The third-order valence-electron chi connectivity index (χ3n) is 2.86. The molecule has 9 heteroatoms. The van der Waals surface area contributed by atoms with Crippen molar-refractivity contribution in [1.29, 1.82) is 0 Å². The zero-order valence-corrected chi connectivity index (χ0v) is 13.5. The maximum atomic E-state index is 12.9. The molecule has 0 radical (unpaired) electrons. The maximum absolute atomic E-state index is 12.9. The second-order valence-electron chi connectivity index (χ2n) is 5.11. The molecule has 2 rings (SSSR count). The molecule has 1 heterocycles. The van der Waals surface area contributed by atoms with E-state index in [0.29, 0.717) is 5.69 Å². The van der Waals surface area contributed by atoms with Gasteiger partial charge in [-0.15, -0.1) is 0 Å². The van der Waals surface area contributed by atoms with Crippen LogP contribution >= 0.6 is 11.8 Å². The predicted octanol–water partition coefficient (Wildman–Crippen LogP) is 1.93. The number of rotatable bonds is 5. The summed E-state index contributed by atoms with van der Waals surface area (Å²) in [6.45, 7) is 3.80. The van der Waals surface area contributed by atoms with Crippen molar-refractivity contribution in [2.24, 2.45) is 5.92 Å². The van der Waals surface area contributed by atoms with Crippen LogP contribution in [0.1, 0.15) is 13.8 Å². The second-order valence-corrected chi connectivity index (χ2v) is 6.22. The Morgan fingerprint density at radius 3 is 2.22 bits per heavy atom. The van der Waals surface area contributed by atoms with E-state index < -0.39 is 5.25 Å². The van der Waals surface area contributed by atoms with E-state index in [1.165, 1.54) is 24.3 Å². The van der Waals surface area contributed by atoms with E-state index in [2.05, 4.69) is 20.3 Å². The van der Waals surface area contributed by atoms with E-state index in [0.717, 1.165) is 11.8 Å². The molecule has 1 amide bonds. The third-order valence-corrected chi connectivity index (χ3v) is 4.26. The number of halogens is 1. The molecule has 23 heavy (non-hydrogen) atoms. The van der Waals surface area contributed by atoms with Gasteiger partial charge in [-0.25, -0.2) is 4.39 Å². The average molecular weight is 336 g/mol. The molecule has 0 aliphatic carbocycles. The van der Waals surface area contributed by atoms with Gasteiger partial charge in [-0.1, -0.05) is 25.6 Å². The molecule has 0 aliphatic heterocycles. The van der Waals surface area contributed by atoms with Crippen molar-refractivity contribution in [3.8, 4) is 0 Å². The monoisotopic (exact) mass is 336 g/mol. The summed E-state index contributed by atoms with van der Waals surface area (Å²) in [7, 11) is 0. The molecule has 2 aromatic rings. The number of thioether (sulfide) groups is 1. The summed E-state index contributed by atoms with van der Waals surface area (Å²) < 4.78 is 12.9. The lowest BCUT2D eigenvalue weighted by Gasteiger charge is -2.19. The van der Waals surface area contributed by atoms with Gasteiger partial charge >= 0.3 is 0 Å². The lowest BCUT2D eigenvalue weighted by molar-refractivity contribution is -0.116. The number of nitrogens with two attached hydrogens (primary N) is 2. The number of aromatic nitrogens is 3. The second kappa shape index (κ2) is 7.23. The van der Waals surface area contributed by atoms with Crippen LogP contribution in [0, 0.1) is 11.7 Å². The molecule has 1 unspecified atom stereocenters. The van der Waals surface area contributed by atoms with Crippen LogP contribution in [0.3, 0.4) is 0 Å². The molecule has 0 fully saturated rings. The highest BCUT2D eigenvalue weighted by Gasteiger charge is 2.25. The first-order valence-electron chi connectivity index (χ1n) is 6.85. The van der Waals surface area contributed by atoms with Crippen LogP contribution in [-0.2, 0) is 4.79 Å². The van der Waals surface area contributed by atoms with Crippen LogP contribution in [0.2, 0.25) is 0 Å². The molecule has 7 nitrogen and oxygen atoms in total. The maximum Gasteiger partial charge on any atom is 0.238 e. The molecular formula is C14H17FN6OS. The largest absolute Gasteiger partial charge is 0.368 e. The fraction of sp³-hybridized carbons (Fsp3) is 0.286. The molecule has 0 saturated heterocycles. The van der Waals surface area contributed by atoms with Crippen molar-refractivity contribution in [3.05, 3.63) is 30.1 Å². The van der Waals surface area contributed by atoms with E-state index in [1.54, 1.807) is 0 Å². The van der Waals surface area contributed by atoms with Crippen LogP contribution in [0.25, 0.3) is 0 Å². The third kappa shape index (κ3) is 4.78. The highest BCUT2D eigenvalue weighted by Crippen LogP contribution is 2.27. The van der Waals surface area contributed by atoms with E-state index >= 15 is 0 Å². The number of anilines is 3. The summed E-state index contributed by atoms with van der Waals surface area (Å²) in [5.41, 5.74) is 11.6. The normalized spacial score (nSPS) is 12.2. The van der Waals surface area contributed by atoms with E-state index in [1.807, 2.05) is 13.8 Å². The molecular weight excluding hydrogens is 319 g/mol. The molecule has 5 N–H and O–H groups in total. The molecule has 0 bridgehead atoms. The van der Waals surface area contributed by atoms with Crippen LogP contribution in [-0.4, -0.2) is 26.1 Å². The van der Waals surface area contributed by atoms with Gasteiger partial charge in [-0.2, -0.15) is 15.0 Å². The summed E-state index contributed by atoms with van der Waals surface area (Å²) in [6, 6.07) is 5.55. The minimum absolute atomic E-state index is 0.000312. The zero-order chi connectivity index (χ0) is 17.0. The van der Waals surface area contributed by atoms with Crippen molar-refractivity contribution in [3.63, 3.8) is 0 Å². The topological polar surface area (TPSA) is 120 Å². The number of nitrogen functional groups attached to an aromatic ring is 2. The predicted molar refractivity (Wildman–Crippen MR) is 88.2 cm³/mol. The van der Waals surface area contributed by atoms with Gasteiger partial charge < -0.3 is 16.8 Å². The SMILES string of the molecule is CC(C)C(Sc1nc(N)nc(N)n1)C(=O)Nc1ccc(F)cc1. The van der Waals surface area contributed by atoms with E-state index in [4.69, 9.17) is 11.5 Å². The van der Waals surface area contributed by atoms with Crippen molar-refractivity contribution >= 4 is 35.3 Å². The average Bonchev–Trinajstić information content (AvgIpc) is 2.45. The molecule has 0 saturated carbocycles. The van der Waals surface area contributed by atoms with Gasteiger partial charge in [0.2, 0.25) is 17.8 Å². The molecule has 0 spiro atoms. The molecule has 1 atom stereocenters. The van der Waals surface area contributed by atoms with Crippen LogP contribution in [0.15, 0.2) is 29.4 Å². The van der Waals surface area contributed by atoms with Crippen LogP contribution < -0.4 is 16.8 Å². The van der Waals surface area contributed by atoms with Gasteiger partial charge in [-0.3, -0.25) is 4.79 Å². The van der Waals surface area contributed by atoms with E-state index in [9.17, 15) is 9.18 Å². The lowest BCUT2D eigenvalue weighted by Crippen LogP contribution is -2.30. The van der Waals surface area contributed by atoms with Crippen molar-refractivity contribution in [2.45, 2.75) is 24.3 Å². The fourth-order valence-corrected chi connectivity index (χ4v) is 2.75. The zero-order valence-electron chi connectivity index (χ0n) is 12.7. The number of hydrogen-bond donors (Lipinski definition) is 3. The Bertz CT molecular complexity index is 674. The number of nitrogens with zero attached hydrogens (tertiary/aromatic N) is 3. The minimum atomic E-state index is -0.471. The van der Waals surface area contributed by atoms with Gasteiger partial charge in [-0.05, 0) is 30.2 Å². The standard InChI is InChI=1S/C14H17FN6OS/c1-7(2)10(23-14-20-12(16)19-13(17)21-14)11(22)18-9-5-3-8(15)4-6-9/h3-7,10H,1-2H3,(H,18,22)(H4,16,17,19,20,21).